The maximum absolute atomic E-state index is 12.9. The van der Waals surface area contributed by atoms with Gasteiger partial charge in [0.05, 0.1) is 23.5 Å². The molecule has 1 amide bonds. The summed E-state index contributed by atoms with van der Waals surface area (Å²) in [4.78, 5) is 14.8. The predicted molar refractivity (Wildman–Crippen MR) is 142 cm³/mol. The largest absolute Gasteiger partial charge is 0.497 e. The highest BCUT2D eigenvalue weighted by Crippen LogP contribution is 2.39. The first kappa shape index (κ1) is 23.3. The Morgan fingerprint density at radius 1 is 1.00 bits per heavy atom. The molecule has 0 aliphatic carbocycles. The van der Waals surface area contributed by atoms with E-state index in [4.69, 9.17) is 9.84 Å². The minimum Gasteiger partial charge on any atom is -0.497 e. The molecule has 0 saturated heterocycles. The molecule has 1 N–H and O–H groups in total. The van der Waals surface area contributed by atoms with Crippen molar-refractivity contribution in [2.45, 2.75) is 13.1 Å². The van der Waals surface area contributed by atoms with Crippen LogP contribution in [0.3, 0.4) is 0 Å². The van der Waals surface area contributed by atoms with Crippen LogP contribution >= 0.6 is 12.6 Å². The van der Waals surface area contributed by atoms with Crippen LogP contribution in [0.4, 0.5) is 5.69 Å². The van der Waals surface area contributed by atoms with E-state index in [0.29, 0.717) is 5.69 Å². The minimum atomic E-state index is -0.653. The Kier molecular flexibility index (Phi) is 6.23. The lowest BCUT2D eigenvalue weighted by Crippen LogP contribution is -2.46. The summed E-state index contributed by atoms with van der Waals surface area (Å²) in [7, 11) is 1.62. The van der Waals surface area contributed by atoms with E-state index in [1.54, 1.807) is 11.8 Å². The molecule has 8 heteroatoms. The number of nitrogens with zero attached hydrogens (tertiary/aromatic N) is 4. The van der Waals surface area contributed by atoms with E-state index in [2.05, 4.69) is 17.9 Å². The number of carbonyl (C=O) groups is 1. The molecule has 1 unspecified atom stereocenters. The number of hydrogen-bond donors (Lipinski definition) is 2. The van der Waals surface area contributed by atoms with Crippen LogP contribution in [-0.2, 0) is 4.79 Å². The zero-order chi connectivity index (χ0) is 25.2. The van der Waals surface area contributed by atoms with Crippen molar-refractivity contribution in [2.24, 2.45) is 0 Å². The van der Waals surface area contributed by atoms with Crippen LogP contribution in [0.1, 0.15) is 17.3 Å². The third-order valence-corrected chi connectivity index (χ3v) is 6.49. The molecule has 1 aliphatic rings. The number of nitrogens with one attached hydrogen (secondary N) is 1. The maximum atomic E-state index is 12.9. The molecule has 1 atom stereocenters. The van der Waals surface area contributed by atoms with Gasteiger partial charge in [0.1, 0.15) is 23.6 Å². The summed E-state index contributed by atoms with van der Waals surface area (Å²) in [6, 6.07) is 27.2. The van der Waals surface area contributed by atoms with E-state index in [1.807, 2.05) is 103 Å². The predicted octanol–water partition coefficient (Wildman–Crippen LogP) is 5.16. The molecule has 3 aromatic carbocycles. The maximum Gasteiger partial charge on any atom is 0.266 e. The zero-order valence-corrected chi connectivity index (χ0v) is 20.6. The number of hydrogen-bond acceptors (Lipinski definition) is 6. The standard InChI is InChI=1S/C28H23N5O2S/c1-18-8-12-21(13-9-18)33-26(30-27(34)23(16-29)28(33)36)24-17-32(20-6-4-3-5-7-20)31-25(24)19-10-14-22(35-2)15-11-19/h3-15,17,26,36H,1-2H3,(H,30,34). The normalized spacial score (nSPS) is 15.4. The first-order valence-corrected chi connectivity index (χ1v) is 11.7. The molecular weight excluding hydrogens is 470 g/mol. The highest BCUT2D eigenvalue weighted by molar-refractivity contribution is 7.84. The monoisotopic (exact) mass is 493 g/mol. The van der Waals surface area contributed by atoms with E-state index in [0.717, 1.165) is 33.8 Å². The van der Waals surface area contributed by atoms with Crippen LogP contribution in [0.15, 0.2) is 95.7 Å². The molecule has 7 nitrogen and oxygen atoms in total. The van der Waals surface area contributed by atoms with Gasteiger partial charge in [0.25, 0.3) is 5.91 Å². The van der Waals surface area contributed by atoms with Crippen LogP contribution in [-0.4, -0.2) is 22.8 Å². The molecule has 5 rings (SSSR count). The second-order valence-corrected chi connectivity index (χ2v) is 8.76. The number of anilines is 1. The number of para-hydroxylation sites is 1. The number of aryl methyl sites for hydroxylation is 1. The highest BCUT2D eigenvalue weighted by Gasteiger charge is 2.36. The van der Waals surface area contributed by atoms with Crippen molar-refractivity contribution in [2.75, 3.05) is 12.0 Å². The number of aromatic nitrogens is 2. The molecule has 0 spiro atoms. The molecule has 178 valence electrons. The highest BCUT2D eigenvalue weighted by atomic mass is 32.1. The van der Waals surface area contributed by atoms with Crippen molar-refractivity contribution in [1.82, 2.24) is 15.1 Å². The van der Waals surface area contributed by atoms with E-state index < -0.39 is 12.1 Å². The Balaban J connectivity index is 1.72. The summed E-state index contributed by atoms with van der Waals surface area (Å²) in [5, 5.41) is 17.8. The molecule has 0 radical (unpaired) electrons. The van der Waals surface area contributed by atoms with Crippen LogP contribution in [0.2, 0.25) is 0 Å². The van der Waals surface area contributed by atoms with Crippen LogP contribution in [0, 0.1) is 18.3 Å². The SMILES string of the molecule is COc1ccc(-c2nn(-c3ccccc3)cc2C2NC(=O)C(C#N)=C(S)N2c2ccc(C)cc2)cc1. The lowest BCUT2D eigenvalue weighted by molar-refractivity contribution is -0.118. The lowest BCUT2D eigenvalue weighted by atomic mass is 10.0. The van der Waals surface area contributed by atoms with Gasteiger partial charge in [-0.15, -0.1) is 12.6 Å². The molecule has 4 aromatic rings. The van der Waals surface area contributed by atoms with E-state index in [-0.39, 0.29) is 10.6 Å². The van der Waals surface area contributed by atoms with Gasteiger partial charge >= 0.3 is 0 Å². The lowest BCUT2D eigenvalue weighted by Gasteiger charge is -2.37. The number of nitriles is 1. The Morgan fingerprint density at radius 2 is 1.69 bits per heavy atom. The number of rotatable bonds is 5. The molecule has 0 bridgehead atoms. The summed E-state index contributed by atoms with van der Waals surface area (Å²) in [6.45, 7) is 2.00. The second kappa shape index (κ2) is 9.64. The van der Waals surface area contributed by atoms with Crippen LogP contribution in [0.5, 0.6) is 5.75 Å². The van der Waals surface area contributed by atoms with Crippen molar-refractivity contribution >= 4 is 24.2 Å². The smallest absolute Gasteiger partial charge is 0.266 e. The third kappa shape index (κ3) is 4.21. The van der Waals surface area contributed by atoms with Gasteiger partial charge in [0, 0.05) is 23.0 Å². The summed E-state index contributed by atoms with van der Waals surface area (Å²) >= 11 is 4.64. The van der Waals surface area contributed by atoms with E-state index in [1.165, 1.54) is 0 Å². The number of carbonyl (C=O) groups excluding carboxylic acids is 1. The fourth-order valence-corrected chi connectivity index (χ4v) is 4.56. The summed E-state index contributed by atoms with van der Waals surface area (Å²) in [5.41, 5.74) is 5.01. The molecular formula is C28H23N5O2S. The van der Waals surface area contributed by atoms with Crippen molar-refractivity contribution in [3.63, 3.8) is 0 Å². The fourth-order valence-electron chi connectivity index (χ4n) is 4.17. The van der Waals surface area contributed by atoms with Crippen molar-refractivity contribution < 1.29 is 9.53 Å². The average Bonchev–Trinajstić information content (AvgIpc) is 3.35. The van der Waals surface area contributed by atoms with Gasteiger partial charge in [-0.3, -0.25) is 4.79 Å². The minimum absolute atomic E-state index is 0.0448. The fraction of sp³-hybridized carbons (Fsp3) is 0.107. The van der Waals surface area contributed by atoms with Crippen molar-refractivity contribution in [3.05, 3.63) is 107 Å². The average molecular weight is 494 g/mol. The topological polar surface area (TPSA) is 83.2 Å². The van der Waals surface area contributed by atoms with Gasteiger partial charge in [-0.1, -0.05) is 35.9 Å². The van der Waals surface area contributed by atoms with Crippen molar-refractivity contribution in [1.29, 1.82) is 5.26 Å². The van der Waals surface area contributed by atoms with Crippen molar-refractivity contribution in [3.8, 4) is 28.8 Å². The number of ether oxygens (including phenoxy) is 1. The molecule has 2 heterocycles. The van der Waals surface area contributed by atoms with Crippen LogP contribution < -0.4 is 15.0 Å². The quantitative estimate of drug-likeness (QED) is 0.376. The Morgan fingerprint density at radius 3 is 2.33 bits per heavy atom. The van der Waals surface area contributed by atoms with Gasteiger partial charge in [0.2, 0.25) is 0 Å². The number of benzene rings is 3. The Labute approximate surface area is 214 Å². The molecule has 1 aromatic heterocycles. The first-order chi connectivity index (χ1) is 17.5. The summed E-state index contributed by atoms with van der Waals surface area (Å²) < 4.78 is 7.11. The van der Waals surface area contributed by atoms with Gasteiger partial charge in [-0.25, -0.2) is 4.68 Å². The third-order valence-electron chi connectivity index (χ3n) is 6.05. The zero-order valence-electron chi connectivity index (χ0n) is 19.7. The van der Waals surface area contributed by atoms with E-state index in [9.17, 15) is 10.1 Å². The summed E-state index contributed by atoms with van der Waals surface area (Å²) in [6.07, 6.45) is 1.25. The van der Waals surface area contributed by atoms with Gasteiger partial charge in [0.15, 0.2) is 0 Å². The summed E-state index contributed by atoms with van der Waals surface area (Å²) in [5.74, 6) is 0.248. The van der Waals surface area contributed by atoms with Gasteiger partial charge in [-0.05, 0) is 55.5 Å². The first-order valence-electron chi connectivity index (χ1n) is 11.3. The number of thiol groups is 1. The molecule has 1 aliphatic heterocycles. The Bertz CT molecular complexity index is 1490. The number of methoxy groups -OCH3 is 1. The van der Waals surface area contributed by atoms with Gasteiger partial charge < -0.3 is 15.0 Å². The van der Waals surface area contributed by atoms with E-state index >= 15 is 0 Å². The van der Waals surface area contributed by atoms with Gasteiger partial charge in [-0.2, -0.15) is 10.4 Å². The van der Waals surface area contributed by atoms with Crippen LogP contribution in [0.25, 0.3) is 16.9 Å². The molecule has 0 fully saturated rings. The molecule has 36 heavy (non-hydrogen) atoms. The Hall–Kier alpha value is -4.48. The number of amides is 1. The molecule has 0 saturated carbocycles. The second-order valence-electron chi connectivity index (χ2n) is 8.33.